The second kappa shape index (κ2) is 15.1. The number of anilines is 1. The van der Waals surface area contributed by atoms with Crippen molar-refractivity contribution in [2.24, 2.45) is 0 Å². The van der Waals surface area contributed by atoms with Gasteiger partial charge in [0, 0.05) is 22.5 Å². The zero-order valence-corrected chi connectivity index (χ0v) is 25.5. The lowest BCUT2D eigenvalue weighted by molar-refractivity contribution is -0.142. The first-order valence-electron chi connectivity index (χ1n) is 13.9. The molecule has 2 N–H and O–H groups in total. The number of nitrogens with one attached hydrogen (secondary N) is 2. The van der Waals surface area contributed by atoms with Crippen LogP contribution in [0, 0.1) is 0 Å². The number of thioether (sulfide) groups is 1. The third kappa shape index (κ3) is 7.86. The molecule has 0 fully saturated rings. The monoisotopic (exact) mass is 604 g/mol. The van der Waals surface area contributed by atoms with E-state index in [4.69, 9.17) is 19.3 Å². The summed E-state index contributed by atoms with van der Waals surface area (Å²) in [4.78, 5) is 38.1. The molecule has 2 heterocycles. The lowest BCUT2D eigenvalue weighted by Crippen LogP contribution is -2.41. The normalized spacial score (nSPS) is 15.3. The molecule has 0 unspecified atom stereocenters. The van der Waals surface area contributed by atoms with Crippen LogP contribution in [-0.2, 0) is 16.0 Å². The van der Waals surface area contributed by atoms with E-state index in [0.717, 1.165) is 36.2 Å². The van der Waals surface area contributed by atoms with Gasteiger partial charge in [0.1, 0.15) is 6.04 Å². The number of carbonyl (C=O) groups excluding carboxylic acids is 3. The molecular weight excluding hydrogens is 568 g/mol. The summed E-state index contributed by atoms with van der Waals surface area (Å²) >= 11 is 1.58. The smallest absolute Gasteiger partial charge is 0.328 e. The number of esters is 1. The number of rotatable bonds is 11. The predicted molar refractivity (Wildman–Crippen MR) is 168 cm³/mol. The van der Waals surface area contributed by atoms with Gasteiger partial charge in [0.15, 0.2) is 17.2 Å². The van der Waals surface area contributed by atoms with Crippen molar-refractivity contribution in [2.75, 3.05) is 38.7 Å². The Kier molecular flexibility index (Phi) is 11.0. The van der Waals surface area contributed by atoms with E-state index in [2.05, 4.69) is 16.7 Å². The Balaban J connectivity index is 1.52. The summed E-state index contributed by atoms with van der Waals surface area (Å²) in [5.74, 6) is 0.645. The molecule has 0 radical (unpaired) electrons. The fourth-order valence-corrected chi connectivity index (χ4v) is 5.10. The molecule has 11 heteroatoms. The predicted octanol–water partition coefficient (Wildman–Crippen LogP) is 4.96. The highest BCUT2D eigenvalue weighted by atomic mass is 32.2. The van der Waals surface area contributed by atoms with Crippen molar-refractivity contribution >= 4 is 40.9 Å². The Bertz CT molecular complexity index is 1510. The highest BCUT2D eigenvalue weighted by Crippen LogP contribution is 2.32. The van der Waals surface area contributed by atoms with Gasteiger partial charge in [-0.05, 0) is 92.3 Å². The molecule has 10 nitrogen and oxygen atoms in total. The molecule has 2 amide bonds. The summed E-state index contributed by atoms with van der Waals surface area (Å²) in [7, 11) is 4.47. The maximum absolute atomic E-state index is 13.3. The molecule has 226 valence electrons. The average Bonchev–Trinajstić information content (AvgIpc) is 3.48. The number of hydrogen-bond acceptors (Lipinski definition) is 8. The van der Waals surface area contributed by atoms with Gasteiger partial charge in [0.2, 0.25) is 0 Å². The van der Waals surface area contributed by atoms with E-state index in [1.807, 2.05) is 36.6 Å². The van der Waals surface area contributed by atoms with E-state index in [1.165, 1.54) is 7.11 Å². The summed E-state index contributed by atoms with van der Waals surface area (Å²) in [5, 5.41) is 10.3. The number of ether oxygens (including phenoxy) is 3. The molecule has 0 saturated carbocycles. The minimum absolute atomic E-state index is 0.266. The molecule has 1 aliphatic heterocycles. The Morgan fingerprint density at radius 1 is 1.00 bits per heavy atom. The van der Waals surface area contributed by atoms with Crippen LogP contribution >= 0.6 is 11.8 Å². The molecular formula is C32H36N4O6S. The minimum atomic E-state index is -0.734. The van der Waals surface area contributed by atoms with Crippen LogP contribution in [0.15, 0.2) is 66.8 Å². The van der Waals surface area contributed by atoms with Gasteiger partial charge in [-0.1, -0.05) is 12.2 Å². The Morgan fingerprint density at radius 3 is 2.47 bits per heavy atom. The number of aromatic nitrogens is 2. The van der Waals surface area contributed by atoms with Gasteiger partial charge in [-0.3, -0.25) is 9.59 Å². The number of carbonyl (C=O) groups is 3. The second-order valence-corrected chi connectivity index (χ2v) is 10.7. The van der Waals surface area contributed by atoms with Gasteiger partial charge in [0.25, 0.3) is 11.8 Å². The number of amides is 2. The van der Waals surface area contributed by atoms with Crippen LogP contribution in [0.5, 0.6) is 11.5 Å². The molecule has 1 aliphatic rings. The van der Waals surface area contributed by atoms with Crippen molar-refractivity contribution in [3.05, 3.63) is 89.3 Å². The van der Waals surface area contributed by atoms with Crippen LogP contribution in [0.25, 0.3) is 5.70 Å². The zero-order valence-electron chi connectivity index (χ0n) is 24.7. The summed E-state index contributed by atoms with van der Waals surface area (Å²) in [6.45, 7) is 0. The molecule has 0 spiro atoms. The topological polar surface area (TPSA) is 121 Å². The van der Waals surface area contributed by atoms with Gasteiger partial charge >= 0.3 is 5.97 Å². The summed E-state index contributed by atoms with van der Waals surface area (Å²) in [6, 6.07) is 13.2. The SMILES string of the molecule is COC(=O)[C@H](CCSC)NC(=O)c1ccc(NC(=O)c2cc3n(n2)/C(c2ccc(OC)c(OC)c2)=C\C=C/CCC3)cc1. The summed E-state index contributed by atoms with van der Waals surface area (Å²) in [5.41, 5.74) is 3.69. The number of benzene rings is 2. The van der Waals surface area contributed by atoms with E-state index in [9.17, 15) is 14.4 Å². The quantitative estimate of drug-likeness (QED) is 0.295. The molecule has 0 aliphatic carbocycles. The number of hydrogen-bond donors (Lipinski definition) is 2. The fourth-order valence-electron chi connectivity index (χ4n) is 4.63. The van der Waals surface area contributed by atoms with Gasteiger partial charge in [-0.2, -0.15) is 16.9 Å². The van der Waals surface area contributed by atoms with Crippen molar-refractivity contribution in [2.45, 2.75) is 31.7 Å². The van der Waals surface area contributed by atoms with Crippen LogP contribution < -0.4 is 20.1 Å². The maximum Gasteiger partial charge on any atom is 0.328 e. The zero-order chi connectivity index (χ0) is 30.8. The fraction of sp³-hybridized carbons (Fsp3) is 0.312. The Labute approximate surface area is 255 Å². The van der Waals surface area contributed by atoms with E-state index in [-0.39, 0.29) is 11.6 Å². The molecule has 0 saturated heterocycles. The first kappa shape index (κ1) is 31.4. The molecule has 1 aromatic heterocycles. The molecule has 3 aromatic rings. The van der Waals surface area contributed by atoms with E-state index in [1.54, 1.807) is 61.0 Å². The first-order chi connectivity index (χ1) is 20.9. The van der Waals surface area contributed by atoms with Crippen molar-refractivity contribution in [1.29, 1.82) is 0 Å². The Hall–Kier alpha value is -4.51. The van der Waals surface area contributed by atoms with Crippen LogP contribution in [0.1, 0.15) is 51.4 Å². The number of allylic oxidation sites excluding steroid dienone is 3. The van der Waals surface area contributed by atoms with Crippen molar-refractivity contribution in [3.8, 4) is 11.5 Å². The maximum atomic E-state index is 13.3. The van der Waals surface area contributed by atoms with Gasteiger partial charge < -0.3 is 24.8 Å². The van der Waals surface area contributed by atoms with Gasteiger partial charge in [0.05, 0.1) is 27.0 Å². The number of aryl methyl sites for hydroxylation is 1. The number of nitrogens with zero attached hydrogens (tertiary/aromatic N) is 2. The van der Waals surface area contributed by atoms with Crippen molar-refractivity contribution < 1.29 is 28.6 Å². The Morgan fingerprint density at radius 2 is 1.77 bits per heavy atom. The summed E-state index contributed by atoms with van der Waals surface area (Å²) < 4.78 is 17.5. The van der Waals surface area contributed by atoms with Crippen molar-refractivity contribution in [1.82, 2.24) is 15.1 Å². The largest absolute Gasteiger partial charge is 0.493 e. The minimum Gasteiger partial charge on any atom is -0.493 e. The van der Waals surface area contributed by atoms with Crippen LogP contribution in [0.3, 0.4) is 0 Å². The van der Waals surface area contributed by atoms with E-state index < -0.39 is 17.9 Å². The second-order valence-electron chi connectivity index (χ2n) is 9.74. The lowest BCUT2D eigenvalue weighted by Gasteiger charge is -2.16. The van der Waals surface area contributed by atoms with Crippen LogP contribution in [0.4, 0.5) is 5.69 Å². The molecule has 0 bridgehead atoms. The standard InChI is InChI=1S/C32H36N4O6S/c1-40-28-16-13-22(19-29(28)41-2)27-10-8-6-5-7-9-24-20-26(35-36(24)27)31(38)33-23-14-11-21(12-15-23)30(37)34-25(17-18-43-4)32(39)42-3/h6,8,10-16,19-20,25H,5,7,9,17-18H2,1-4H3,(H,33,38)(H,34,37)/b8-6-,27-10-/t25-/m0/s1. The van der Waals surface area contributed by atoms with E-state index in [0.29, 0.717) is 34.9 Å². The first-order valence-corrected chi connectivity index (χ1v) is 15.3. The third-order valence-corrected chi connectivity index (χ3v) is 7.57. The van der Waals surface area contributed by atoms with Gasteiger partial charge in [-0.25, -0.2) is 9.48 Å². The van der Waals surface area contributed by atoms with Gasteiger partial charge in [-0.15, -0.1) is 0 Å². The molecule has 2 aromatic carbocycles. The number of fused-ring (bicyclic) bond motifs is 1. The molecule has 1 atom stereocenters. The average molecular weight is 605 g/mol. The summed E-state index contributed by atoms with van der Waals surface area (Å²) in [6.07, 6.45) is 11.0. The van der Waals surface area contributed by atoms with E-state index >= 15 is 0 Å². The van der Waals surface area contributed by atoms with Crippen molar-refractivity contribution in [3.63, 3.8) is 0 Å². The molecule has 4 rings (SSSR count). The van der Waals surface area contributed by atoms with Crippen LogP contribution in [-0.4, -0.2) is 66.9 Å². The molecule has 43 heavy (non-hydrogen) atoms. The van der Waals surface area contributed by atoms with Crippen LogP contribution in [0.2, 0.25) is 0 Å². The highest BCUT2D eigenvalue weighted by Gasteiger charge is 2.22. The number of methoxy groups -OCH3 is 3. The lowest BCUT2D eigenvalue weighted by atomic mass is 10.1. The highest BCUT2D eigenvalue weighted by molar-refractivity contribution is 7.98. The third-order valence-electron chi connectivity index (χ3n) is 6.92.